The summed E-state index contributed by atoms with van der Waals surface area (Å²) in [4.78, 5) is 36.8. The van der Waals surface area contributed by atoms with Crippen molar-refractivity contribution in [3.05, 3.63) is 65.7 Å². The topological polar surface area (TPSA) is 70.5 Å². The van der Waals surface area contributed by atoms with Crippen molar-refractivity contribution in [1.82, 2.24) is 24.7 Å². The summed E-state index contributed by atoms with van der Waals surface area (Å²) < 4.78 is 17.2. The third kappa shape index (κ3) is 6.00. The van der Waals surface area contributed by atoms with Gasteiger partial charge in [-0.1, -0.05) is 57.9 Å². The Balaban J connectivity index is 1.07. The largest absolute Gasteiger partial charge is 0.341 e. The number of fused-ring (bicyclic) bond motifs is 3. The number of aryl methyl sites for hydroxylation is 1. The van der Waals surface area contributed by atoms with Gasteiger partial charge < -0.3 is 14.8 Å². The zero-order valence-corrected chi connectivity index (χ0v) is 28.7. The maximum atomic E-state index is 14.7. The van der Waals surface area contributed by atoms with E-state index in [-0.39, 0.29) is 23.0 Å². The Bertz CT molecular complexity index is 1610. The van der Waals surface area contributed by atoms with E-state index < -0.39 is 11.0 Å². The van der Waals surface area contributed by atoms with Crippen LogP contribution in [0.15, 0.2) is 48.5 Å². The third-order valence-corrected chi connectivity index (χ3v) is 12.2. The van der Waals surface area contributed by atoms with Crippen LogP contribution in [0.1, 0.15) is 109 Å². The van der Waals surface area contributed by atoms with Crippen LogP contribution in [0, 0.1) is 18.2 Å². The minimum absolute atomic E-state index is 0.0614. The molecule has 4 aliphatic rings. The molecule has 2 aromatic carbocycles. The van der Waals surface area contributed by atoms with Crippen molar-refractivity contribution in [3.63, 3.8) is 0 Å². The minimum Gasteiger partial charge on any atom is -0.341 e. The maximum absolute atomic E-state index is 14.7. The number of nitrogens with one attached hydrogen (secondary N) is 1. The highest BCUT2D eigenvalue weighted by Gasteiger charge is 2.49. The van der Waals surface area contributed by atoms with Crippen LogP contribution in [0.2, 0.25) is 0 Å². The summed E-state index contributed by atoms with van der Waals surface area (Å²) >= 11 is 0. The number of likely N-dealkylation sites (tertiary alicyclic amines) is 1. The Hall–Kier alpha value is -3.26. The molecule has 1 saturated carbocycles. The number of nitrogens with zero attached hydrogens (tertiary/aromatic N) is 4. The molecule has 3 atom stereocenters. The normalized spacial score (nSPS) is 25.7. The zero-order chi connectivity index (χ0) is 33.0. The number of carbonyl (C=O) groups is 2. The predicted octanol–water partition coefficient (Wildman–Crippen LogP) is 7.08. The molecule has 0 radical (unpaired) electrons. The molecule has 8 heteroatoms. The molecule has 2 amide bonds. The number of benzene rings is 2. The highest BCUT2D eigenvalue weighted by atomic mass is 19.1. The van der Waals surface area contributed by atoms with E-state index in [1.54, 1.807) is 6.07 Å². The average molecular weight is 642 g/mol. The third-order valence-electron chi connectivity index (χ3n) is 12.2. The van der Waals surface area contributed by atoms with Crippen LogP contribution in [-0.2, 0) is 15.0 Å². The quantitative estimate of drug-likeness (QED) is 0.300. The second kappa shape index (κ2) is 12.3. The molecule has 3 aromatic rings. The molecule has 1 aromatic heterocycles. The summed E-state index contributed by atoms with van der Waals surface area (Å²) in [5.74, 6) is 0.920. The fraction of sp³-hybridized carbons (Fsp3) is 0.615. The average Bonchev–Trinajstić information content (AvgIpc) is 3.72. The standard InChI is InChI=1S/C39H52FN5O2/c1-27-41-33-12-5-6-13-34(33)45(27)32-25-30-14-15-31(26-32)44(30)23-20-38(28-10-9-11-29(40)24-28)18-21-43(22-19-38)36(47)39(16-7-8-17-39)42-35(46)37(2,3)4/h5-6,9-13,24,30-32H,7-8,14-23,25-26H2,1-4H3,(H,42,46)/t30-,31+,32?. The molecule has 7 nitrogen and oxygen atoms in total. The van der Waals surface area contributed by atoms with Gasteiger partial charge in [0.15, 0.2) is 0 Å². The molecular formula is C39H52FN5O2. The lowest BCUT2D eigenvalue weighted by molar-refractivity contribution is -0.145. The number of hydrogen-bond acceptors (Lipinski definition) is 4. The predicted molar refractivity (Wildman–Crippen MR) is 184 cm³/mol. The van der Waals surface area contributed by atoms with Crippen LogP contribution < -0.4 is 5.32 Å². The summed E-state index contributed by atoms with van der Waals surface area (Å²) in [6.45, 7) is 10.1. The van der Waals surface area contributed by atoms with Gasteiger partial charge in [-0.3, -0.25) is 14.5 Å². The Morgan fingerprint density at radius 3 is 2.28 bits per heavy atom. The molecule has 3 saturated heterocycles. The van der Waals surface area contributed by atoms with Crippen LogP contribution in [0.4, 0.5) is 4.39 Å². The number of imidazole rings is 1. The molecule has 1 N–H and O–H groups in total. The van der Waals surface area contributed by atoms with E-state index >= 15 is 0 Å². The first-order valence-corrected chi connectivity index (χ1v) is 18.1. The van der Waals surface area contributed by atoms with Crippen LogP contribution >= 0.6 is 0 Å². The molecule has 4 heterocycles. The lowest BCUT2D eigenvalue weighted by atomic mass is 9.70. The fourth-order valence-corrected chi connectivity index (χ4v) is 9.51. The smallest absolute Gasteiger partial charge is 0.248 e. The first-order valence-electron chi connectivity index (χ1n) is 18.1. The maximum Gasteiger partial charge on any atom is 0.248 e. The number of piperidine rings is 2. The Labute approximate surface area is 279 Å². The summed E-state index contributed by atoms with van der Waals surface area (Å²) in [7, 11) is 0. The monoisotopic (exact) mass is 641 g/mol. The fourth-order valence-electron chi connectivity index (χ4n) is 9.51. The van der Waals surface area contributed by atoms with E-state index in [4.69, 9.17) is 4.98 Å². The van der Waals surface area contributed by atoms with Crippen molar-refractivity contribution in [2.24, 2.45) is 5.41 Å². The van der Waals surface area contributed by atoms with Crippen LogP contribution in [0.5, 0.6) is 0 Å². The SMILES string of the molecule is Cc1nc2ccccc2n1C1C[C@H]2CC[C@@H](C1)N2CCC1(c2cccc(F)c2)CCN(C(=O)C2(NC(=O)C(C)(C)C)CCCC2)CC1. The van der Waals surface area contributed by atoms with Gasteiger partial charge in [0, 0.05) is 36.6 Å². The van der Waals surface area contributed by atoms with Crippen molar-refractivity contribution in [3.8, 4) is 0 Å². The number of halogens is 1. The molecule has 1 aliphatic carbocycles. The number of para-hydroxylation sites is 2. The van der Waals surface area contributed by atoms with Crippen molar-refractivity contribution >= 4 is 22.8 Å². The molecule has 47 heavy (non-hydrogen) atoms. The van der Waals surface area contributed by atoms with Gasteiger partial charge in [-0.2, -0.15) is 0 Å². The summed E-state index contributed by atoms with van der Waals surface area (Å²) in [5, 5.41) is 3.21. The van der Waals surface area contributed by atoms with Gasteiger partial charge in [-0.15, -0.1) is 0 Å². The zero-order valence-electron chi connectivity index (χ0n) is 28.7. The number of hydrogen-bond donors (Lipinski definition) is 1. The second-order valence-electron chi connectivity index (χ2n) is 16.1. The molecule has 252 valence electrons. The summed E-state index contributed by atoms with van der Waals surface area (Å²) in [6.07, 6.45) is 10.6. The van der Waals surface area contributed by atoms with Crippen molar-refractivity contribution in [1.29, 1.82) is 0 Å². The summed E-state index contributed by atoms with van der Waals surface area (Å²) in [6, 6.07) is 17.2. The molecule has 2 bridgehead atoms. The van der Waals surface area contributed by atoms with Gasteiger partial charge in [0.05, 0.1) is 11.0 Å². The Morgan fingerprint density at radius 2 is 1.62 bits per heavy atom. The number of amides is 2. The minimum atomic E-state index is -0.800. The highest BCUT2D eigenvalue weighted by Crippen LogP contribution is 2.46. The van der Waals surface area contributed by atoms with E-state index in [2.05, 4.69) is 52.0 Å². The molecule has 3 aliphatic heterocycles. The molecule has 4 fully saturated rings. The number of carbonyl (C=O) groups excluding carboxylic acids is 2. The van der Waals surface area contributed by atoms with Gasteiger partial charge in [0.2, 0.25) is 11.8 Å². The van der Waals surface area contributed by atoms with Crippen LogP contribution in [0.25, 0.3) is 11.0 Å². The second-order valence-corrected chi connectivity index (χ2v) is 16.1. The Morgan fingerprint density at radius 1 is 0.936 bits per heavy atom. The molecule has 7 rings (SSSR count). The van der Waals surface area contributed by atoms with Gasteiger partial charge in [0.1, 0.15) is 17.2 Å². The number of aromatic nitrogens is 2. The van der Waals surface area contributed by atoms with E-state index in [1.807, 2.05) is 31.7 Å². The van der Waals surface area contributed by atoms with E-state index in [1.165, 1.54) is 24.4 Å². The van der Waals surface area contributed by atoms with E-state index in [0.29, 0.717) is 44.1 Å². The molecule has 1 unspecified atom stereocenters. The highest BCUT2D eigenvalue weighted by molar-refractivity contribution is 5.93. The van der Waals surface area contributed by atoms with Crippen LogP contribution in [-0.4, -0.2) is 68.4 Å². The van der Waals surface area contributed by atoms with Gasteiger partial charge in [-0.05, 0) is 106 Å². The van der Waals surface area contributed by atoms with Gasteiger partial charge in [-0.25, -0.2) is 9.37 Å². The summed E-state index contributed by atoms with van der Waals surface area (Å²) in [5.41, 5.74) is 1.84. The number of rotatable bonds is 7. The van der Waals surface area contributed by atoms with Crippen molar-refractivity contribution in [2.75, 3.05) is 19.6 Å². The lowest BCUT2D eigenvalue weighted by Crippen LogP contribution is -2.61. The van der Waals surface area contributed by atoms with Crippen LogP contribution in [0.3, 0.4) is 0 Å². The lowest BCUT2D eigenvalue weighted by Gasteiger charge is -2.47. The van der Waals surface area contributed by atoms with Crippen molar-refractivity contribution in [2.45, 2.75) is 127 Å². The van der Waals surface area contributed by atoms with Gasteiger partial charge in [0.25, 0.3) is 0 Å². The molecular weight excluding hydrogens is 589 g/mol. The Kier molecular flexibility index (Phi) is 8.47. The first-order chi connectivity index (χ1) is 22.5. The van der Waals surface area contributed by atoms with E-state index in [0.717, 1.165) is 68.4 Å². The molecule has 0 spiro atoms. The first kappa shape index (κ1) is 32.3. The van der Waals surface area contributed by atoms with Crippen molar-refractivity contribution < 1.29 is 14.0 Å². The van der Waals surface area contributed by atoms with E-state index in [9.17, 15) is 14.0 Å². The van der Waals surface area contributed by atoms with Gasteiger partial charge >= 0.3 is 0 Å².